The molecule has 0 atom stereocenters. The van der Waals surface area contributed by atoms with Crippen LogP contribution in [0.15, 0.2) is 23.2 Å². The highest BCUT2D eigenvalue weighted by atomic mass is 35.7. The van der Waals surface area contributed by atoms with Crippen LogP contribution in [-0.4, -0.2) is 13.4 Å². The molecule has 0 radical (unpaired) electrons. The van der Waals surface area contributed by atoms with E-state index >= 15 is 0 Å². The normalized spacial score (nSPS) is 11.5. The molecule has 0 unspecified atom stereocenters. The minimum absolute atomic E-state index is 0.0895. The number of halogens is 1. The van der Waals surface area contributed by atoms with E-state index in [1.807, 2.05) is 0 Å². The molecule has 3 nitrogen and oxygen atoms in total. The Labute approximate surface area is 69.4 Å². The summed E-state index contributed by atoms with van der Waals surface area (Å²) in [4.78, 5) is 3.92. The van der Waals surface area contributed by atoms with Gasteiger partial charge in [-0.15, -0.1) is 0 Å². The SMILES string of the molecule is Cc1cc(S(=O)(=O)Cl)ccn1. The Morgan fingerprint density at radius 3 is 2.55 bits per heavy atom. The van der Waals surface area contributed by atoms with Crippen LogP contribution in [0.3, 0.4) is 0 Å². The van der Waals surface area contributed by atoms with Gasteiger partial charge in [0, 0.05) is 22.6 Å². The second-order valence-electron chi connectivity index (χ2n) is 2.07. The maximum atomic E-state index is 10.7. The van der Waals surface area contributed by atoms with Gasteiger partial charge in [-0.1, -0.05) is 0 Å². The summed E-state index contributed by atoms with van der Waals surface area (Å²) in [5.74, 6) is 0. The molecule has 0 aromatic carbocycles. The van der Waals surface area contributed by atoms with Crippen molar-refractivity contribution < 1.29 is 8.42 Å². The lowest BCUT2D eigenvalue weighted by Gasteiger charge is -1.94. The molecule has 0 saturated heterocycles. The van der Waals surface area contributed by atoms with Gasteiger partial charge in [-0.05, 0) is 19.1 Å². The van der Waals surface area contributed by atoms with Gasteiger partial charge in [0.1, 0.15) is 0 Å². The number of aryl methyl sites for hydroxylation is 1. The van der Waals surface area contributed by atoms with Crippen LogP contribution < -0.4 is 0 Å². The van der Waals surface area contributed by atoms with Crippen LogP contribution in [0.2, 0.25) is 0 Å². The van der Waals surface area contributed by atoms with Crippen molar-refractivity contribution in [2.24, 2.45) is 0 Å². The lowest BCUT2D eigenvalue weighted by molar-refractivity contribution is 0.609. The van der Waals surface area contributed by atoms with Gasteiger partial charge in [0.25, 0.3) is 9.05 Å². The lowest BCUT2D eigenvalue weighted by atomic mass is 10.4. The van der Waals surface area contributed by atoms with Crippen LogP contribution in [0, 0.1) is 6.92 Å². The fraction of sp³-hybridized carbons (Fsp3) is 0.167. The summed E-state index contributed by atoms with van der Waals surface area (Å²) in [7, 11) is 1.48. The Balaban J connectivity index is 3.28. The van der Waals surface area contributed by atoms with E-state index in [1.54, 1.807) is 6.92 Å². The Morgan fingerprint density at radius 2 is 2.18 bits per heavy atom. The van der Waals surface area contributed by atoms with Crippen molar-refractivity contribution in [3.8, 4) is 0 Å². The first-order valence-corrected chi connectivity index (χ1v) is 5.18. The van der Waals surface area contributed by atoms with Gasteiger partial charge in [0.2, 0.25) is 0 Å². The summed E-state index contributed by atoms with van der Waals surface area (Å²) in [6.45, 7) is 1.70. The molecule has 11 heavy (non-hydrogen) atoms. The third kappa shape index (κ3) is 2.17. The second-order valence-corrected chi connectivity index (χ2v) is 4.64. The molecule has 0 fully saturated rings. The van der Waals surface area contributed by atoms with Crippen LogP contribution in [0.1, 0.15) is 5.69 Å². The first kappa shape index (κ1) is 8.49. The summed E-state index contributed by atoms with van der Waals surface area (Å²) in [5, 5.41) is 0. The molecule has 0 aliphatic carbocycles. The zero-order valence-corrected chi connectivity index (χ0v) is 7.35. The van der Waals surface area contributed by atoms with E-state index < -0.39 is 9.05 Å². The predicted molar refractivity (Wildman–Crippen MR) is 42.0 cm³/mol. The van der Waals surface area contributed by atoms with E-state index in [0.717, 1.165) is 0 Å². The fourth-order valence-corrected chi connectivity index (χ4v) is 1.49. The molecule has 0 N–H and O–H groups in total. The molecule has 0 spiro atoms. The van der Waals surface area contributed by atoms with Crippen LogP contribution >= 0.6 is 10.7 Å². The highest BCUT2D eigenvalue weighted by Gasteiger charge is 2.08. The number of pyridine rings is 1. The van der Waals surface area contributed by atoms with Gasteiger partial charge in [-0.25, -0.2) is 8.42 Å². The quantitative estimate of drug-likeness (QED) is 0.629. The Bertz CT molecular complexity index is 361. The van der Waals surface area contributed by atoms with Gasteiger partial charge in [-0.2, -0.15) is 0 Å². The molecule has 0 aliphatic rings. The number of aromatic nitrogens is 1. The van der Waals surface area contributed by atoms with Gasteiger partial charge in [0.15, 0.2) is 0 Å². The molecule has 0 aliphatic heterocycles. The molecular formula is C6H6ClNO2S. The molecule has 0 saturated carbocycles. The van der Waals surface area contributed by atoms with Crippen molar-refractivity contribution >= 4 is 19.7 Å². The van der Waals surface area contributed by atoms with E-state index in [4.69, 9.17) is 10.7 Å². The topological polar surface area (TPSA) is 47.0 Å². The summed E-state index contributed by atoms with van der Waals surface area (Å²) < 4.78 is 21.4. The zero-order chi connectivity index (χ0) is 8.48. The number of rotatable bonds is 1. The number of hydrogen-bond donors (Lipinski definition) is 0. The minimum atomic E-state index is -3.59. The van der Waals surface area contributed by atoms with Gasteiger partial charge < -0.3 is 0 Å². The second kappa shape index (κ2) is 2.79. The third-order valence-electron chi connectivity index (χ3n) is 1.15. The number of nitrogens with zero attached hydrogens (tertiary/aromatic N) is 1. The largest absolute Gasteiger partial charge is 0.262 e. The summed E-state index contributed by atoms with van der Waals surface area (Å²) in [6.07, 6.45) is 1.41. The molecule has 1 heterocycles. The Morgan fingerprint density at radius 1 is 1.55 bits per heavy atom. The average Bonchev–Trinajstić information content (AvgIpc) is 1.86. The average molecular weight is 192 g/mol. The predicted octanol–water partition coefficient (Wildman–Crippen LogP) is 1.32. The van der Waals surface area contributed by atoms with E-state index in [9.17, 15) is 8.42 Å². The molecule has 1 aromatic rings. The van der Waals surface area contributed by atoms with Crippen LogP contribution in [0.25, 0.3) is 0 Å². The summed E-state index contributed by atoms with van der Waals surface area (Å²) in [5.41, 5.74) is 0.631. The van der Waals surface area contributed by atoms with Crippen molar-refractivity contribution in [1.29, 1.82) is 0 Å². The van der Waals surface area contributed by atoms with Crippen molar-refractivity contribution in [3.05, 3.63) is 24.0 Å². The van der Waals surface area contributed by atoms with Gasteiger partial charge in [0.05, 0.1) is 4.90 Å². The zero-order valence-electron chi connectivity index (χ0n) is 5.78. The van der Waals surface area contributed by atoms with Gasteiger partial charge >= 0.3 is 0 Å². The van der Waals surface area contributed by atoms with Crippen molar-refractivity contribution in [1.82, 2.24) is 4.98 Å². The smallest absolute Gasteiger partial charge is 0.261 e. The maximum Gasteiger partial charge on any atom is 0.261 e. The number of hydrogen-bond acceptors (Lipinski definition) is 3. The Hall–Kier alpha value is -0.610. The third-order valence-corrected chi connectivity index (χ3v) is 2.50. The Kier molecular flexibility index (Phi) is 2.15. The monoisotopic (exact) mass is 191 g/mol. The molecule has 1 rings (SSSR count). The van der Waals surface area contributed by atoms with Crippen molar-refractivity contribution in [2.45, 2.75) is 11.8 Å². The highest BCUT2D eigenvalue weighted by molar-refractivity contribution is 8.13. The molecule has 0 bridgehead atoms. The maximum absolute atomic E-state index is 10.7. The molecule has 60 valence electrons. The van der Waals surface area contributed by atoms with Crippen molar-refractivity contribution in [2.75, 3.05) is 0 Å². The fourth-order valence-electron chi connectivity index (χ4n) is 0.671. The van der Waals surface area contributed by atoms with Crippen molar-refractivity contribution in [3.63, 3.8) is 0 Å². The van der Waals surface area contributed by atoms with Gasteiger partial charge in [-0.3, -0.25) is 4.98 Å². The standard InChI is InChI=1S/C6H6ClNO2S/c1-5-4-6(2-3-8-5)11(7,9)10/h2-4H,1H3. The van der Waals surface area contributed by atoms with E-state index in [-0.39, 0.29) is 4.90 Å². The lowest BCUT2D eigenvalue weighted by Crippen LogP contribution is -1.91. The summed E-state index contributed by atoms with van der Waals surface area (Å²) in [6, 6.07) is 2.78. The van der Waals surface area contributed by atoms with E-state index in [1.165, 1.54) is 18.3 Å². The van der Waals surface area contributed by atoms with E-state index in [2.05, 4.69) is 4.98 Å². The summed E-state index contributed by atoms with van der Waals surface area (Å²) >= 11 is 0. The minimum Gasteiger partial charge on any atom is -0.262 e. The van der Waals surface area contributed by atoms with Crippen LogP contribution in [0.4, 0.5) is 0 Å². The van der Waals surface area contributed by atoms with Crippen LogP contribution in [0.5, 0.6) is 0 Å². The highest BCUT2D eigenvalue weighted by Crippen LogP contribution is 2.13. The van der Waals surface area contributed by atoms with E-state index in [0.29, 0.717) is 5.69 Å². The molecule has 5 heteroatoms. The first-order chi connectivity index (χ1) is 5.00. The van der Waals surface area contributed by atoms with Crippen LogP contribution in [-0.2, 0) is 9.05 Å². The molecule has 0 amide bonds. The molecule has 1 aromatic heterocycles. The first-order valence-electron chi connectivity index (χ1n) is 2.87. The molecular weight excluding hydrogens is 186 g/mol.